The summed E-state index contributed by atoms with van der Waals surface area (Å²) in [5, 5.41) is 11.7. The third-order valence-corrected chi connectivity index (χ3v) is 3.39. The van der Waals surface area contributed by atoms with E-state index >= 15 is 0 Å². The van der Waals surface area contributed by atoms with Crippen molar-refractivity contribution >= 4 is 12.0 Å². The van der Waals surface area contributed by atoms with Crippen molar-refractivity contribution in [2.75, 3.05) is 13.6 Å². The van der Waals surface area contributed by atoms with Gasteiger partial charge in [0.25, 0.3) is 0 Å². The molecule has 1 rings (SSSR count). The molecule has 5 heteroatoms. The van der Waals surface area contributed by atoms with Crippen molar-refractivity contribution in [3.63, 3.8) is 0 Å². The molecule has 0 aliphatic heterocycles. The summed E-state index contributed by atoms with van der Waals surface area (Å²) in [5.74, 6) is -1.47. The second-order valence-electron chi connectivity index (χ2n) is 5.49. The van der Waals surface area contributed by atoms with Crippen molar-refractivity contribution in [3.8, 4) is 0 Å². The van der Waals surface area contributed by atoms with Crippen molar-refractivity contribution in [2.24, 2.45) is 5.92 Å². The Balaban J connectivity index is 2.34. The van der Waals surface area contributed by atoms with Gasteiger partial charge in [-0.1, -0.05) is 37.3 Å². The zero-order chi connectivity index (χ0) is 15.8. The van der Waals surface area contributed by atoms with E-state index in [1.165, 1.54) is 10.5 Å². The van der Waals surface area contributed by atoms with Gasteiger partial charge in [-0.3, -0.25) is 4.79 Å². The fraction of sp³-hybridized carbons (Fsp3) is 0.500. The third kappa shape index (κ3) is 6.29. The van der Waals surface area contributed by atoms with Gasteiger partial charge in [0, 0.05) is 19.6 Å². The highest BCUT2D eigenvalue weighted by Crippen LogP contribution is 2.05. The van der Waals surface area contributed by atoms with Crippen LogP contribution in [-0.2, 0) is 11.2 Å². The van der Waals surface area contributed by atoms with Crippen LogP contribution in [0.25, 0.3) is 0 Å². The Hall–Kier alpha value is -2.04. The number of rotatable bonds is 7. The lowest BCUT2D eigenvalue weighted by Crippen LogP contribution is -2.44. The van der Waals surface area contributed by atoms with Crippen LogP contribution in [0.5, 0.6) is 0 Å². The predicted octanol–water partition coefficient (Wildman–Crippen LogP) is 2.37. The van der Waals surface area contributed by atoms with Gasteiger partial charge in [0.15, 0.2) is 0 Å². The number of carbonyl (C=O) groups is 2. The number of aryl methyl sites for hydroxylation is 1. The maximum Gasteiger partial charge on any atom is 0.317 e. The van der Waals surface area contributed by atoms with E-state index in [2.05, 4.69) is 17.4 Å². The van der Waals surface area contributed by atoms with Gasteiger partial charge < -0.3 is 15.3 Å². The number of amides is 2. The van der Waals surface area contributed by atoms with E-state index in [0.29, 0.717) is 0 Å². The molecule has 0 saturated carbocycles. The van der Waals surface area contributed by atoms with E-state index in [-0.39, 0.29) is 18.6 Å². The Labute approximate surface area is 126 Å². The van der Waals surface area contributed by atoms with Gasteiger partial charge in [-0.2, -0.15) is 0 Å². The van der Waals surface area contributed by atoms with Gasteiger partial charge in [0.2, 0.25) is 0 Å². The van der Waals surface area contributed by atoms with Crippen LogP contribution in [0.2, 0.25) is 0 Å². The van der Waals surface area contributed by atoms with Gasteiger partial charge in [-0.25, -0.2) is 4.79 Å². The van der Waals surface area contributed by atoms with Crippen LogP contribution < -0.4 is 5.32 Å². The van der Waals surface area contributed by atoms with E-state index < -0.39 is 11.9 Å². The summed E-state index contributed by atoms with van der Waals surface area (Å²) in [6, 6.07) is 9.92. The highest BCUT2D eigenvalue weighted by atomic mass is 16.4. The third-order valence-electron chi connectivity index (χ3n) is 3.39. The van der Waals surface area contributed by atoms with Gasteiger partial charge in [-0.15, -0.1) is 0 Å². The van der Waals surface area contributed by atoms with E-state index in [4.69, 9.17) is 5.11 Å². The van der Waals surface area contributed by atoms with Crippen LogP contribution >= 0.6 is 0 Å². The minimum Gasteiger partial charge on any atom is -0.481 e. The number of nitrogens with one attached hydrogen (secondary N) is 1. The first-order valence-corrected chi connectivity index (χ1v) is 7.18. The zero-order valence-corrected chi connectivity index (χ0v) is 12.9. The Kier molecular flexibility index (Phi) is 6.72. The van der Waals surface area contributed by atoms with Gasteiger partial charge in [-0.05, 0) is 25.3 Å². The van der Waals surface area contributed by atoms with Gasteiger partial charge >= 0.3 is 12.0 Å². The van der Waals surface area contributed by atoms with E-state index in [1.807, 2.05) is 25.1 Å². The second kappa shape index (κ2) is 8.29. The summed E-state index contributed by atoms with van der Waals surface area (Å²) >= 11 is 0. The smallest absolute Gasteiger partial charge is 0.317 e. The molecular formula is C16H24N2O3. The zero-order valence-electron chi connectivity index (χ0n) is 12.9. The first-order valence-electron chi connectivity index (χ1n) is 7.18. The minimum atomic E-state index is -0.897. The first kappa shape index (κ1) is 17.0. The lowest BCUT2D eigenvalue weighted by molar-refractivity contribution is -0.141. The molecule has 2 amide bonds. The number of urea groups is 1. The molecule has 0 heterocycles. The average molecular weight is 292 g/mol. The van der Waals surface area contributed by atoms with Crippen molar-refractivity contribution < 1.29 is 14.7 Å². The van der Waals surface area contributed by atoms with E-state index in [1.54, 1.807) is 14.0 Å². The summed E-state index contributed by atoms with van der Waals surface area (Å²) in [6.07, 6.45) is 1.75. The van der Waals surface area contributed by atoms with E-state index in [0.717, 1.165) is 12.8 Å². The Morgan fingerprint density at radius 3 is 2.43 bits per heavy atom. The molecule has 116 valence electrons. The number of nitrogens with zero attached hydrogens (tertiary/aromatic N) is 1. The number of carbonyl (C=O) groups excluding carboxylic acids is 1. The monoisotopic (exact) mass is 292 g/mol. The highest BCUT2D eigenvalue weighted by molar-refractivity contribution is 5.75. The minimum absolute atomic E-state index is 0.0419. The topological polar surface area (TPSA) is 69.6 Å². The van der Waals surface area contributed by atoms with Crippen molar-refractivity contribution in [3.05, 3.63) is 35.9 Å². The molecule has 1 aromatic carbocycles. The number of aliphatic carboxylic acids is 1. The summed E-state index contributed by atoms with van der Waals surface area (Å²) in [4.78, 5) is 24.1. The lowest BCUT2D eigenvalue weighted by Gasteiger charge is -2.22. The molecule has 5 nitrogen and oxygen atoms in total. The quantitative estimate of drug-likeness (QED) is 0.810. The first-order chi connectivity index (χ1) is 9.90. The Morgan fingerprint density at radius 2 is 1.86 bits per heavy atom. The summed E-state index contributed by atoms with van der Waals surface area (Å²) in [7, 11) is 1.61. The summed E-state index contributed by atoms with van der Waals surface area (Å²) < 4.78 is 0. The number of carboxylic acid groups (broad SMARTS) is 1. The molecule has 2 atom stereocenters. The molecule has 2 N–H and O–H groups in total. The highest BCUT2D eigenvalue weighted by Gasteiger charge is 2.18. The van der Waals surface area contributed by atoms with Gasteiger partial charge in [0.1, 0.15) is 0 Å². The van der Waals surface area contributed by atoms with Crippen molar-refractivity contribution in [1.29, 1.82) is 0 Å². The molecule has 0 spiro atoms. The molecular weight excluding hydrogens is 268 g/mol. The van der Waals surface area contributed by atoms with E-state index in [9.17, 15) is 9.59 Å². The van der Waals surface area contributed by atoms with Crippen molar-refractivity contribution in [1.82, 2.24) is 10.2 Å². The van der Waals surface area contributed by atoms with Crippen molar-refractivity contribution in [2.45, 2.75) is 32.7 Å². The lowest BCUT2D eigenvalue weighted by atomic mass is 10.1. The van der Waals surface area contributed by atoms with Gasteiger partial charge in [0.05, 0.1) is 5.92 Å². The summed E-state index contributed by atoms with van der Waals surface area (Å²) in [5.41, 5.74) is 1.24. The van der Waals surface area contributed by atoms with Crippen LogP contribution in [0.3, 0.4) is 0 Å². The SMILES string of the molecule is CC(CCc1ccccc1)NC(=O)N(C)CC(C)C(=O)O. The normalized spacial score (nSPS) is 13.3. The molecule has 1 aromatic rings. The standard InChI is InChI=1S/C16H24N2O3/c1-12(15(19)20)11-18(3)16(21)17-13(2)9-10-14-7-5-4-6-8-14/h4-8,12-13H,9-11H2,1-3H3,(H,17,21)(H,19,20). The van der Waals surface area contributed by atoms with Crippen LogP contribution in [0.15, 0.2) is 30.3 Å². The maximum absolute atomic E-state index is 11.9. The second-order valence-corrected chi connectivity index (χ2v) is 5.49. The molecule has 0 radical (unpaired) electrons. The number of benzene rings is 1. The van der Waals surface area contributed by atoms with Crippen LogP contribution in [-0.4, -0.2) is 41.6 Å². The number of hydrogen-bond acceptors (Lipinski definition) is 2. The fourth-order valence-electron chi connectivity index (χ4n) is 1.99. The average Bonchev–Trinajstić information content (AvgIpc) is 2.45. The Morgan fingerprint density at radius 1 is 1.24 bits per heavy atom. The molecule has 0 aromatic heterocycles. The molecule has 0 bridgehead atoms. The maximum atomic E-state index is 11.9. The molecule has 0 saturated heterocycles. The van der Waals surface area contributed by atoms with Crippen LogP contribution in [0.4, 0.5) is 4.79 Å². The molecule has 0 fully saturated rings. The largest absolute Gasteiger partial charge is 0.481 e. The fourth-order valence-corrected chi connectivity index (χ4v) is 1.99. The number of hydrogen-bond donors (Lipinski definition) is 2. The molecule has 0 aliphatic rings. The Bertz CT molecular complexity index is 462. The van der Waals surface area contributed by atoms with Crippen LogP contribution in [0, 0.1) is 5.92 Å². The summed E-state index contributed by atoms with van der Waals surface area (Å²) in [6.45, 7) is 3.74. The molecule has 2 unspecified atom stereocenters. The van der Waals surface area contributed by atoms with Crippen LogP contribution in [0.1, 0.15) is 25.8 Å². The predicted molar refractivity (Wildman–Crippen MR) is 82.2 cm³/mol. The molecule has 21 heavy (non-hydrogen) atoms. The number of carboxylic acids is 1. The molecule has 0 aliphatic carbocycles.